The van der Waals surface area contributed by atoms with E-state index >= 15 is 0 Å². The van der Waals surface area contributed by atoms with Gasteiger partial charge in [0.2, 0.25) is 0 Å². The Kier molecular flexibility index (Phi) is 4.33. The van der Waals surface area contributed by atoms with Crippen molar-refractivity contribution in [2.24, 2.45) is 0 Å². The Bertz CT molecular complexity index is 1510. The van der Waals surface area contributed by atoms with Crippen LogP contribution in [0.2, 0.25) is 0 Å². The Morgan fingerprint density at radius 3 is 0.875 bits per heavy atom. The molecule has 6 rings (SSSR count). The van der Waals surface area contributed by atoms with Crippen LogP contribution in [0.3, 0.4) is 0 Å². The van der Waals surface area contributed by atoms with Crippen molar-refractivity contribution in [1.29, 1.82) is 0 Å². The second kappa shape index (κ2) is 7.35. The molecule has 0 aliphatic rings. The summed E-state index contributed by atoms with van der Waals surface area (Å²) >= 11 is 0. The van der Waals surface area contributed by atoms with Crippen molar-refractivity contribution in [1.82, 2.24) is 0 Å². The first-order valence-electron chi connectivity index (χ1n) is 11.2. The van der Waals surface area contributed by atoms with Gasteiger partial charge in [-0.25, -0.2) is 0 Å². The number of benzene rings is 6. The quantitative estimate of drug-likeness (QED) is 0.268. The Labute approximate surface area is 188 Å². The first kappa shape index (κ1) is 18.8. The Balaban J connectivity index is 1.67. The highest BCUT2D eigenvalue weighted by atomic mass is 14.2. The molecule has 0 aliphatic heterocycles. The minimum Gasteiger partial charge on any atom is -0.0616 e. The zero-order chi connectivity index (χ0) is 21.7. The summed E-state index contributed by atoms with van der Waals surface area (Å²) in [4.78, 5) is 0. The maximum Gasteiger partial charge on any atom is -0.00987 e. The van der Waals surface area contributed by atoms with Crippen molar-refractivity contribution >= 4 is 32.3 Å². The predicted octanol–water partition coefficient (Wildman–Crippen LogP) is 9.10. The van der Waals surface area contributed by atoms with E-state index in [1.165, 1.54) is 65.7 Å². The number of hydrogen-bond acceptors (Lipinski definition) is 0. The molecule has 0 atom stereocenters. The molecule has 0 fully saturated rings. The fourth-order valence-electron chi connectivity index (χ4n) is 5.14. The average Bonchev–Trinajstić information content (AvgIpc) is 2.85. The van der Waals surface area contributed by atoms with Gasteiger partial charge in [-0.05, 0) is 79.5 Å². The summed E-state index contributed by atoms with van der Waals surface area (Å²) in [6.45, 7) is 4.38. The molecule has 0 unspecified atom stereocenters. The molecular weight excluding hydrogens is 384 g/mol. The lowest BCUT2D eigenvalue weighted by molar-refractivity contribution is 1.52. The molecule has 0 heteroatoms. The van der Waals surface area contributed by atoms with Crippen molar-refractivity contribution < 1.29 is 0 Å². The van der Waals surface area contributed by atoms with Gasteiger partial charge in [-0.1, -0.05) is 109 Å². The highest BCUT2D eigenvalue weighted by Gasteiger charge is 2.14. The lowest BCUT2D eigenvalue weighted by atomic mass is 9.87. The molecule has 32 heavy (non-hydrogen) atoms. The zero-order valence-electron chi connectivity index (χ0n) is 18.4. The maximum absolute atomic E-state index is 2.31. The number of fused-ring (bicyclic) bond motifs is 3. The van der Waals surface area contributed by atoms with Crippen molar-refractivity contribution in [3.05, 3.63) is 120 Å². The van der Waals surface area contributed by atoms with Crippen LogP contribution in [-0.2, 0) is 0 Å². The standard InChI is InChI=1S/C32H24/c1-21-15-17-29(25-11-5-3-9-23(21)25)31-19-20-32(28-14-8-7-13-27(28)31)30-18-16-22(2)24-10-4-6-12-26(24)30/h3-20H,1-2H3. The summed E-state index contributed by atoms with van der Waals surface area (Å²) in [5.74, 6) is 0. The van der Waals surface area contributed by atoms with Crippen molar-refractivity contribution in [2.45, 2.75) is 13.8 Å². The largest absolute Gasteiger partial charge is 0.0616 e. The molecule has 6 aromatic rings. The summed E-state index contributed by atoms with van der Waals surface area (Å²) in [6, 6.07) is 40.0. The summed E-state index contributed by atoms with van der Waals surface area (Å²) < 4.78 is 0. The van der Waals surface area contributed by atoms with E-state index in [9.17, 15) is 0 Å². The number of hydrogen-bond donors (Lipinski definition) is 0. The molecule has 0 aliphatic carbocycles. The SMILES string of the molecule is Cc1ccc(-c2ccc(-c3ccc(C)c4ccccc34)c3ccccc23)c2ccccc12. The smallest absolute Gasteiger partial charge is 0.00987 e. The van der Waals surface area contributed by atoms with Crippen molar-refractivity contribution in [2.75, 3.05) is 0 Å². The first-order valence-corrected chi connectivity index (χ1v) is 11.2. The van der Waals surface area contributed by atoms with E-state index < -0.39 is 0 Å². The lowest BCUT2D eigenvalue weighted by Gasteiger charge is -2.16. The van der Waals surface area contributed by atoms with Crippen LogP contribution in [0.5, 0.6) is 0 Å². The van der Waals surface area contributed by atoms with Gasteiger partial charge < -0.3 is 0 Å². The van der Waals surface area contributed by atoms with Crippen LogP contribution in [0.25, 0.3) is 54.6 Å². The molecule has 0 nitrogen and oxygen atoms in total. The molecule has 0 radical (unpaired) electrons. The molecule has 6 aromatic carbocycles. The predicted molar refractivity (Wildman–Crippen MR) is 139 cm³/mol. The third-order valence-corrected chi connectivity index (χ3v) is 6.79. The van der Waals surface area contributed by atoms with Crippen LogP contribution in [-0.4, -0.2) is 0 Å². The van der Waals surface area contributed by atoms with Gasteiger partial charge in [-0.3, -0.25) is 0 Å². The van der Waals surface area contributed by atoms with Gasteiger partial charge in [-0.2, -0.15) is 0 Å². The number of aryl methyl sites for hydroxylation is 2. The van der Waals surface area contributed by atoms with E-state index in [0.29, 0.717) is 0 Å². The lowest BCUT2D eigenvalue weighted by Crippen LogP contribution is -1.90. The van der Waals surface area contributed by atoms with Crippen LogP contribution in [0.4, 0.5) is 0 Å². The molecular formula is C32H24. The zero-order valence-corrected chi connectivity index (χ0v) is 18.4. The average molecular weight is 409 g/mol. The molecule has 0 saturated heterocycles. The minimum absolute atomic E-state index is 1.29. The van der Waals surface area contributed by atoms with Crippen molar-refractivity contribution in [3.8, 4) is 22.3 Å². The van der Waals surface area contributed by atoms with E-state index in [-0.39, 0.29) is 0 Å². The van der Waals surface area contributed by atoms with E-state index in [1.807, 2.05) is 0 Å². The maximum atomic E-state index is 2.31. The van der Waals surface area contributed by atoms with Crippen molar-refractivity contribution in [3.63, 3.8) is 0 Å². The van der Waals surface area contributed by atoms with Gasteiger partial charge in [0.15, 0.2) is 0 Å². The second-order valence-electron chi connectivity index (χ2n) is 8.66. The molecule has 0 aromatic heterocycles. The highest BCUT2D eigenvalue weighted by molar-refractivity contribution is 6.12. The van der Waals surface area contributed by atoms with Crippen LogP contribution in [0.1, 0.15) is 11.1 Å². The highest BCUT2D eigenvalue weighted by Crippen LogP contribution is 2.40. The summed E-state index contributed by atoms with van der Waals surface area (Å²) in [7, 11) is 0. The summed E-state index contributed by atoms with van der Waals surface area (Å²) in [5.41, 5.74) is 7.80. The van der Waals surface area contributed by atoms with Crippen LogP contribution < -0.4 is 0 Å². The van der Waals surface area contributed by atoms with E-state index in [2.05, 4.69) is 123 Å². The fourth-order valence-corrected chi connectivity index (χ4v) is 5.14. The normalized spacial score (nSPS) is 11.4. The molecule has 0 N–H and O–H groups in total. The van der Waals surface area contributed by atoms with Gasteiger partial charge in [0.25, 0.3) is 0 Å². The topological polar surface area (TPSA) is 0 Å². The summed E-state index contributed by atoms with van der Waals surface area (Å²) in [5, 5.41) is 7.86. The van der Waals surface area contributed by atoms with Crippen LogP contribution >= 0.6 is 0 Å². The second-order valence-corrected chi connectivity index (χ2v) is 8.66. The van der Waals surface area contributed by atoms with Gasteiger partial charge >= 0.3 is 0 Å². The van der Waals surface area contributed by atoms with Crippen LogP contribution in [0, 0.1) is 13.8 Å². The third kappa shape index (κ3) is 2.84. The van der Waals surface area contributed by atoms with Crippen LogP contribution in [0.15, 0.2) is 109 Å². The molecule has 152 valence electrons. The van der Waals surface area contributed by atoms with Gasteiger partial charge in [0.05, 0.1) is 0 Å². The monoisotopic (exact) mass is 408 g/mol. The van der Waals surface area contributed by atoms with E-state index in [1.54, 1.807) is 0 Å². The van der Waals surface area contributed by atoms with E-state index in [0.717, 1.165) is 0 Å². The fraction of sp³-hybridized carbons (Fsp3) is 0.0625. The summed E-state index contributed by atoms with van der Waals surface area (Å²) in [6.07, 6.45) is 0. The minimum atomic E-state index is 1.29. The van der Waals surface area contributed by atoms with E-state index in [4.69, 9.17) is 0 Å². The molecule has 0 amide bonds. The molecule has 0 heterocycles. The Hall–Kier alpha value is -3.90. The number of rotatable bonds is 2. The Morgan fingerprint density at radius 2 is 0.531 bits per heavy atom. The first-order chi connectivity index (χ1) is 15.7. The van der Waals surface area contributed by atoms with Gasteiger partial charge in [0, 0.05) is 0 Å². The molecule has 0 bridgehead atoms. The van der Waals surface area contributed by atoms with Gasteiger partial charge in [0.1, 0.15) is 0 Å². The molecule has 0 spiro atoms. The third-order valence-electron chi connectivity index (χ3n) is 6.79. The Morgan fingerprint density at radius 1 is 0.281 bits per heavy atom. The molecule has 0 saturated carbocycles. The van der Waals surface area contributed by atoms with Gasteiger partial charge in [-0.15, -0.1) is 0 Å².